The lowest BCUT2D eigenvalue weighted by molar-refractivity contribution is 0.0989. The Hall–Kier alpha value is -1.97. The van der Waals surface area contributed by atoms with E-state index in [2.05, 4.69) is 4.90 Å². The summed E-state index contributed by atoms with van der Waals surface area (Å²) >= 11 is 0. The molecule has 0 aliphatic carbocycles. The van der Waals surface area contributed by atoms with Gasteiger partial charge in [-0.25, -0.2) is 0 Å². The first-order chi connectivity index (χ1) is 8.08. The van der Waals surface area contributed by atoms with Crippen molar-refractivity contribution < 1.29 is 14.3 Å². The van der Waals surface area contributed by atoms with Gasteiger partial charge in [-0.05, 0) is 24.1 Å². The number of benzene rings is 1. The average molecular weight is 231 g/mol. The third-order valence-electron chi connectivity index (χ3n) is 3.28. The largest absolute Gasteiger partial charge is 0.504 e. The molecule has 0 fully saturated rings. The average Bonchev–Trinajstić information content (AvgIpc) is 2.83. The Morgan fingerprint density at radius 2 is 2.24 bits per heavy atom. The summed E-state index contributed by atoms with van der Waals surface area (Å²) in [5.41, 5.74) is 2.57. The van der Waals surface area contributed by atoms with Gasteiger partial charge >= 0.3 is 0 Å². The van der Waals surface area contributed by atoms with E-state index in [1.807, 2.05) is 7.05 Å². The molecule has 1 N–H and O–H groups in total. The molecule has 88 valence electrons. The molecule has 0 unspecified atom stereocenters. The van der Waals surface area contributed by atoms with Crippen LogP contribution in [0.15, 0.2) is 16.5 Å². The van der Waals surface area contributed by atoms with E-state index in [4.69, 9.17) is 4.42 Å². The van der Waals surface area contributed by atoms with Crippen molar-refractivity contribution in [3.8, 4) is 5.75 Å². The Morgan fingerprint density at radius 1 is 1.47 bits per heavy atom. The maximum absolute atomic E-state index is 11.3. The predicted molar refractivity (Wildman–Crippen MR) is 64.9 cm³/mol. The standard InChI is InChI=1S/C13H13NO3/c1-7(15)11-6-9-12-8(3-4-14(12)2)5-10(16)13(9)17-11/h5-6,16H,3-4H2,1-2H3. The maximum atomic E-state index is 11.3. The SMILES string of the molecule is CC(=O)c1cc2c3c(cc(O)c2o1)CCN3C. The number of nitrogens with zero attached hydrogens (tertiary/aromatic N) is 1. The summed E-state index contributed by atoms with van der Waals surface area (Å²) < 4.78 is 5.41. The fourth-order valence-corrected chi connectivity index (χ4v) is 2.44. The van der Waals surface area contributed by atoms with Gasteiger partial charge in [0.05, 0.1) is 5.69 Å². The number of aromatic hydroxyl groups is 1. The number of furan rings is 1. The number of fused-ring (bicyclic) bond motifs is 3. The van der Waals surface area contributed by atoms with Gasteiger partial charge in [0.15, 0.2) is 22.9 Å². The maximum Gasteiger partial charge on any atom is 0.194 e. The number of hydrogen-bond donors (Lipinski definition) is 1. The zero-order chi connectivity index (χ0) is 12.2. The Balaban J connectivity index is 2.38. The lowest BCUT2D eigenvalue weighted by Gasteiger charge is -2.12. The minimum absolute atomic E-state index is 0.113. The first kappa shape index (κ1) is 10.2. The van der Waals surface area contributed by atoms with E-state index in [0.717, 1.165) is 29.6 Å². The lowest BCUT2D eigenvalue weighted by Crippen LogP contribution is -2.12. The predicted octanol–water partition coefficient (Wildman–Crippen LogP) is 2.33. The number of Topliss-reactive ketones (excluding diaryl/α,β-unsaturated/α-hetero) is 1. The van der Waals surface area contributed by atoms with Crippen LogP contribution in [0.1, 0.15) is 23.0 Å². The van der Waals surface area contributed by atoms with Gasteiger partial charge in [-0.3, -0.25) is 4.79 Å². The third-order valence-corrected chi connectivity index (χ3v) is 3.28. The van der Waals surface area contributed by atoms with Crippen molar-refractivity contribution in [1.29, 1.82) is 0 Å². The number of ketones is 1. The van der Waals surface area contributed by atoms with Crippen LogP contribution in [0.4, 0.5) is 5.69 Å². The molecule has 0 saturated carbocycles. The second-order valence-corrected chi connectivity index (χ2v) is 4.48. The number of hydrogen-bond acceptors (Lipinski definition) is 4. The van der Waals surface area contributed by atoms with E-state index < -0.39 is 0 Å². The van der Waals surface area contributed by atoms with Crippen LogP contribution in [0.2, 0.25) is 0 Å². The Morgan fingerprint density at radius 3 is 2.94 bits per heavy atom. The fraction of sp³-hybridized carbons (Fsp3) is 0.308. The first-order valence-corrected chi connectivity index (χ1v) is 5.58. The molecule has 0 amide bonds. The van der Waals surface area contributed by atoms with Crippen LogP contribution in [0.25, 0.3) is 11.0 Å². The van der Waals surface area contributed by atoms with Crippen molar-refractivity contribution in [1.82, 2.24) is 0 Å². The van der Waals surface area contributed by atoms with Crippen molar-refractivity contribution in [3.05, 3.63) is 23.5 Å². The minimum atomic E-state index is -0.130. The summed E-state index contributed by atoms with van der Waals surface area (Å²) in [5.74, 6) is 0.278. The van der Waals surface area contributed by atoms with E-state index in [-0.39, 0.29) is 11.5 Å². The number of likely N-dealkylation sites (N-methyl/N-ethyl adjacent to an activating group) is 1. The summed E-state index contributed by atoms with van der Waals surface area (Å²) in [5, 5.41) is 10.7. The highest BCUT2D eigenvalue weighted by molar-refractivity contribution is 6.03. The summed E-state index contributed by atoms with van der Waals surface area (Å²) in [4.78, 5) is 13.4. The molecule has 17 heavy (non-hydrogen) atoms. The number of rotatable bonds is 1. The molecule has 0 atom stereocenters. The summed E-state index contributed by atoms with van der Waals surface area (Å²) in [7, 11) is 2.00. The lowest BCUT2D eigenvalue weighted by atomic mass is 10.1. The van der Waals surface area contributed by atoms with Gasteiger partial charge < -0.3 is 14.4 Å². The van der Waals surface area contributed by atoms with Crippen molar-refractivity contribution in [2.45, 2.75) is 13.3 Å². The molecule has 4 nitrogen and oxygen atoms in total. The van der Waals surface area contributed by atoms with E-state index in [1.54, 1.807) is 12.1 Å². The quantitative estimate of drug-likeness (QED) is 0.765. The molecule has 1 aliphatic rings. The van der Waals surface area contributed by atoms with Crippen LogP contribution < -0.4 is 4.90 Å². The molecule has 1 aromatic carbocycles. The molecule has 0 radical (unpaired) electrons. The number of anilines is 1. The van der Waals surface area contributed by atoms with Crippen LogP contribution in [0.3, 0.4) is 0 Å². The normalized spacial score (nSPS) is 14.4. The minimum Gasteiger partial charge on any atom is -0.504 e. The summed E-state index contributed by atoms with van der Waals surface area (Å²) in [6.45, 7) is 2.38. The monoisotopic (exact) mass is 231 g/mol. The number of carbonyl (C=O) groups is 1. The van der Waals surface area contributed by atoms with Gasteiger partial charge in [0.25, 0.3) is 0 Å². The van der Waals surface area contributed by atoms with Crippen LogP contribution in [0.5, 0.6) is 5.75 Å². The number of phenolic OH excluding ortho intramolecular Hbond substituents is 1. The molecular formula is C13H13NO3. The first-order valence-electron chi connectivity index (χ1n) is 5.58. The molecule has 0 spiro atoms. The highest BCUT2D eigenvalue weighted by atomic mass is 16.4. The molecule has 3 rings (SSSR count). The Bertz CT molecular complexity index is 627. The summed E-state index contributed by atoms with van der Waals surface area (Å²) in [6, 6.07) is 3.45. The Labute approximate surface area is 98.4 Å². The van der Waals surface area contributed by atoms with Crippen molar-refractivity contribution in [2.24, 2.45) is 0 Å². The zero-order valence-electron chi connectivity index (χ0n) is 9.78. The van der Waals surface area contributed by atoms with Crippen LogP contribution >= 0.6 is 0 Å². The van der Waals surface area contributed by atoms with Crippen LogP contribution in [-0.4, -0.2) is 24.5 Å². The number of carbonyl (C=O) groups excluding carboxylic acids is 1. The molecule has 2 heterocycles. The number of phenols is 1. The van der Waals surface area contributed by atoms with Crippen molar-refractivity contribution in [3.63, 3.8) is 0 Å². The zero-order valence-corrected chi connectivity index (χ0v) is 9.78. The third kappa shape index (κ3) is 1.33. The molecular weight excluding hydrogens is 218 g/mol. The van der Waals surface area contributed by atoms with Gasteiger partial charge in [-0.15, -0.1) is 0 Å². The van der Waals surface area contributed by atoms with E-state index in [9.17, 15) is 9.90 Å². The molecule has 1 aliphatic heterocycles. The molecule has 1 aromatic heterocycles. The highest BCUT2D eigenvalue weighted by Gasteiger charge is 2.24. The van der Waals surface area contributed by atoms with Gasteiger partial charge in [-0.2, -0.15) is 0 Å². The van der Waals surface area contributed by atoms with Gasteiger partial charge in [0.2, 0.25) is 0 Å². The van der Waals surface area contributed by atoms with Crippen molar-refractivity contribution >= 4 is 22.4 Å². The fourth-order valence-electron chi connectivity index (χ4n) is 2.44. The van der Waals surface area contributed by atoms with Gasteiger partial charge in [0, 0.05) is 25.9 Å². The van der Waals surface area contributed by atoms with Crippen molar-refractivity contribution in [2.75, 3.05) is 18.5 Å². The van der Waals surface area contributed by atoms with E-state index in [1.165, 1.54) is 6.92 Å². The van der Waals surface area contributed by atoms with Crippen LogP contribution in [0, 0.1) is 0 Å². The second-order valence-electron chi connectivity index (χ2n) is 4.48. The van der Waals surface area contributed by atoms with Crippen LogP contribution in [-0.2, 0) is 6.42 Å². The molecule has 0 saturated heterocycles. The van der Waals surface area contributed by atoms with E-state index in [0.29, 0.717) is 11.3 Å². The van der Waals surface area contributed by atoms with Gasteiger partial charge in [-0.1, -0.05) is 0 Å². The Kier molecular flexibility index (Phi) is 1.96. The molecule has 2 aromatic rings. The highest BCUT2D eigenvalue weighted by Crippen LogP contribution is 2.41. The molecule has 0 bridgehead atoms. The second kappa shape index (κ2) is 3.26. The van der Waals surface area contributed by atoms with E-state index >= 15 is 0 Å². The summed E-state index contributed by atoms with van der Waals surface area (Å²) in [6.07, 6.45) is 0.913. The molecule has 4 heteroatoms. The topological polar surface area (TPSA) is 53.7 Å². The smallest absolute Gasteiger partial charge is 0.194 e. The van der Waals surface area contributed by atoms with Gasteiger partial charge in [0.1, 0.15) is 0 Å².